The van der Waals surface area contributed by atoms with Gasteiger partial charge in [0.25, 0.3) is 20.0 Å². The van der Waals surface area contributed by atoms with Crippen molar-refractivity contribution in [2.45, 2.75) is 96.5 Å². The number of aryl methyl sites for hydroxylation is 2. The Balaban J connectivity index is 0.000000248. The molecule has 1 N–H and O–H groups in total. The summed E-state index contributed by atoms with van der Waals surface area (Å²) in [6.07, 6.45) is 5.44. The average Bonchev–Trinajstić information content (AvgIpc) is 3.34. The fourth-order valence-electron chi connectivity index (χ4n) is 7.69. The van der Waals surface area contributed by atoms with Crippen LogP contribution >= 0.6 is 0 Å². The minimum Gasteiger partial charge on any atom is -0.493 e. The van der Waals surface area contributed by atoms with Gasteiger partial charge in [-0.05, 0) is 134 Å². The molecule has 2 aliphatic rings. The van der Waals surface area contributed by atoms with E-state index in [-0.39, 0.29) is 33.8 Å². The molecule has 0 amide bonds. The minimum atomic E-state index is -3.93. The van der Waals surface area contributed by atoms with Gasteiger partial charge in [-0.2, -0.15) is 0 Å². The fourth-order valence-corrected chi connectivity index (χ4v) is 11.0. The summed E-state index contributed by atoms with van der Waals surface area (Å²) in [7, 11) is -6.47. The summed E-state index contributed by atoms with van der Waals surface area (Å²) in [6, 6.07) is 24.3. The zero-order valence-corrected chi connectivity index (χ0v) is 41.4. The van der Waals surface area contributed by atoms with Crippen molar-refractivity contribution in [2.75, 3.05) is 68.5 Å². The van der Waals surface area contributed by atoms with E-state index in [2.05, 4.69) is 13.8 Å². The maximum atomic E-state index is 13.7. The number of benzene rings is 4. The number of ether oxygens (including phenoxy) is 5. The molecule has 0 radical (unpaired) electrons. The predicted octanol–water partition coefficient (Wildman–Crippen LogP) is 9.09. The Morgan fingerprint density at radius 3 is 1.44 bits per heavy atom. The summed E-state index contributed by atoms with van der Waals surface area (Å²) in [6.45, 7) is 16.3. The van der Waals surface area contributed by atoms with Gasteiger partial charge in [-0.25, -0.2) is 21.6 Å². The minimum absolute atomic E-state index is 0.0199. The number of rotatable bonds is 20. The zero-order chi connectivity index (χ0) is 47.9. The number of hydrogen-bond donors (Lipinski definition) is 1. The molecular formula is C51H70N2O11S2. The summed E-state index contributed by atoms with van der Waals surface area (Å²) in [5, 5.41) is 9.90. The van der Waals surface area contributed by atoms with E-state index in [0.29, 0.717) is 79.8 Å². The number of hydrogen-bond acceptors (Lipinski definition) is 11. The standard InChI is InChI=1S/C26H35NO6S.C25H35NO5S/c1-5-20-6-8-22(9-7-20)27(17-19(2)3)34(29,30)23-10-11-25(24(16-23)26(28)31-4)33-18-21-12-14-32-15-13-21;1-4-20-5-7-23(8-6-20)26(16-19(2)3)32(28,29)24-9-10-25(22(15-24)17-27)31-18-21-11-13-30-14-12-21/h6-11,16,19,21H,5,12-15,17-18H2,1-4H3;5-10,15,19,21,27H,4,11-14,16-18H2,1-3H3. The molecule has 6 rings (SSSR count). The molecule has 13 nitrogen and oxygen atoms in total. The highest BCUT2D eigenvalue weighted by Crippen LogP contribution is 2.32. The van der Waals surface area contributed by atoms with E-state index in [1.54, 1.807) is 18.2 Å². The van der Waals surface area contributed by atoms with Crippen molar-refractivity contribution in [2.24, 2.45) is 23.7 Å². The summed E-state index contributed by atoms with van der Waals surface area (Å²) in [4.78, 5) is 12.7. The topological polar surface area (TPSA) is 158 Å². The Bertz CT molecular complexity index is 2360. The summed E-state index contributed by atoms with van der Waals surface area (Å²) < 4.78 is 85.1. The largest absolute Gasteiger partial charge is 0.493 e. The normalized spacial score (nSPS) is 14.9. The molecule has 0 saturated carbocycles. The Hall–Kier alpha value is -4.67. The lowest BCUT2D eigenvalue weighted by atomic mass is 10.0. The lowest BCUT2D eigenvalue weighted by Gasteiger charge is -2.27. The van der Waals surface area contributed by atoms with Crippen LogP contribution in [0, 0.1) is 23.7 Å². The zero-order valence-electron chi connectivity index (χ0n) is 39.7. The fraction of sp³-hybridized carbons (Fsp3) is 0.510. The van der Waals surface area contributed by atoms with Gasteiger partial charge in [0.15, 0.2) is 0 Å². The van der Waals surface area contributed by atoms with Crippen LogP contribution in [0.5, 0.6) is 11.5 Å². The van der Waals surface area contributed by atoms with Gasteiger partial charge < -0.3 is 28.8 Å². The second-order valence-electron chi connectivity index (χ2n) is 17.7. The van der Waals surface area contributed by atoms with Gasteiger partial charge in [0, 0.05) is 45.1 Å². The van der Waals surface area contributed by atoms with Crippen LogP contribution in [-0.4, -0.2) is 87.8 Å². The number of aliphatic hydroxyl groups is 1. The molecule has 4 aromatic carbocycles. The molecule has 0 atom stereocenters. The van der Waals surface area contributed by atoms with Crippen molar-refractivity contribution in [3.05, 3.63) is 107 Å². The van der Waals surface area contributed by atoms with Gasteiger partial charge in [0.05, 0.1) is 48.1 Å². The Morgan fingerprint density at radius 1 is 0.636 bits per heavy atom. The smallest absolute Gasteiger partial charge is 0.341 e. The van der Waals surface area contributed by atoms with Crippen LogP contribution < -0.4 is 18.1 Å². The van der Waals surface area contributed by atoms with E-state index in [1.165, 1.54) is 33.9 Å². The molecule has 66 heavy (non-hydrogen) atoms. The van der Waals surface area contributed by atoms with E-state index < -0.39 is 26.0 Å². The van der Waals surface area contributed by atoms with Gasteiger partial charge in [-0.15, -0.1) is 0 Å². The molecule has 15 heteroatoms. The Morgan fingerprint density at radius 2 is 1.05 bits per heavy atom. The molecule has 0 bridgehead atoms. The molecular weight excluding hydrogens is 881 g/mol. The average molecular weight is 951 g/mol. The number of sulfonamides is 2. The first-order valence-corrected chi connectivity index (χ1v) is 26.1. The molecule has 362 valence electrons. The van der Waals surface area contributed by atoms with Crippen LogP contribution in [0.1, 0.15) is 94.3 Å². The first-order chi connectivity index (χ1) is 31.6. The van der Waals surface area contributed by atoms with Crippen LogP contribution in [0.2, 0.25) is 0 Å². The second-order valence-corrected chi connectivity index (χ2v) is 21.4. The number of methoxy groups -OCH3 is 1. The molecule has 2 saturated heterocycles. The van der Waals surface area contributed by atoms with E-state index in [0.717, 1.165) is 62.9 Å². The van der Waals surface area contributed by atoms with Gasteiger partial charge >= 0.3 is 5.97 Å². The highest BCUT2D eigenvalue weighted by atomic mass is 32.2. The monoisotopic (exact) mass is 950 g/mol. The Kier molecular flexibility index (Phi) is 19.7. The lowest BCUT2D eigenvalue weighted by Crippen LogP contribution is -2.34. The SMILES string of the molecule is CCc1ccc(N(CC(C)C)S(=O)(=O)c2ccc(OCC3CCOCC3)c(C(=O)OC)c2)cc1.CCc1ccc(N(CC(C)C)S(=O)(=O)c2ccc(OCC3CCOCC3)c(CO)c2)cc1. The predicted molar refractivity (Wildman–Crippen MR) is 259 cm³/mol. The van der Waals surface area contributed by atoms with Crippen LogP contribution in [0.15, 0.2) is 94.7 Å². The highest BCUT2D eigenvalue weighted by molar-refractivity contribution is 7.93. The molecule has 4 aromatic rings. The van der Waals surface area contributed by atoms with Crippen LogP contribution in [0.3, 0.4) is 0 Å². The molecule has 0 aromatic heterocycles. The van der Waals surface area contributed by atoms with E-state index in [1.807, 2.05) is 76.2 Å². The number of aliphatic hydroxyl groups excluding tert-OH is 1. The van der Waals surface area contributed by atoms with Crippen LogP contribution in [0.4, 0.5) is 11.4 Å². The molecule has 2 fully saturated rings. The third-order valence-corrected chi connectivity index (χ3v) is 15.3. The quantitative estimate of drug-likeness (QED) is 0.0843. The van der Waals surface area contributed by atoms with Crippen molar-refractivity contribution in [1.82, 2.24) is 0 Å². The van der Waals surface area contributed by atoms with Gasteiger partial charge in [0.1, 0.15) is 17.1 Å². The van der Waals surface area contributed by atoms with Crippen LogP contribution in [0.25, 0.3) is 0 Å². The number of nitrogens with zero attached hydrogens (tertiary/aromatic N) is 2. The third-order valence-electron chi connectivity index (χ3n) is 11.7. The van der Waals surface area contributed by atoms with E-state index >= 15 is 0 Å². The Labute approximate surface area is 393 Å². The molecule has 2 aliphatic heterocycles. The third kappa shape index (κ3) is 14.2. The van der Waals surface area contributed by atoms with Crippen LogP contribution in [-0.2, 0) is 53.7 Å². The summed E-state index contributed by atoms with van der Waals surface area (Å²) in [5.74, 6) is 1.20. The molecule has 2 heterocycles. The highest BCUT2D eigenvalue weighted by Gasteiger charge is 2.30. The number of carbonyl (C=O) groups excluding carboxylic acids is 1. The molecule has 0 aliphatic carbocycles. The van der Waals surface area contributed by atoms with Crippen molar-refractivity contribution >= 4 is 37.4 Å². The van der Waals surface area contributed by atoms with E-state index in [4.69, 9.17) is 23.7 Å². The first kappa shape index (κ1) is 52.3. The first-order valence-electron chi connectivity index (χ1n) is 23.2. The van der Waals surface area contributed by atoms with Crippen molar-refractivity contribution in [3.8, 4) is 11.5 Å². The van der Waals surface area contributed by atoms with E-state index in [9.17, 15) is 26.7 Å². The maximum Gasteiger partial charge on any atom is 0.341 e. The number of carbonyl (C=O) groups is 1. The van der Waals surface area contributed by atoms with Gasteiger partial charge in [-0.3, -0.25) is 8.61 Å². The number of esters is 1. The van der Waals surface area contributed by atoms with Gasteiger partial charge in [-0.1, -0.05) is 65.8 Å². The second kappa shape index (κ2) is 24.9. The molecule has 0 spiro atoms. The summed E-state index contributed by atoms with van der Waals surface area (Å²) >= 11 is 0. The maximum absolute atomic E-state index is 13.7. The molecule has 0 unspecified atom stereocenters. The lowest BCUT2D eigenvalue weighted by molar-refractivity contribution is 0.0483. The van der Waals surface area contributed by atoms with Crippen molar-refractivity contribution in [1.29, 1.82) is 0 Å². The van der Waals surface area contributed by atoms with Crippen molar-refractivity contribution in [3.63, 3.8) is 0 Å². The van der Waals surface area contributed by atoms with Crippen molar-refractivity contribution < 1.29 is 50.4 Å². The van der Waals surface area contributed by atoms with Gasteiger partial charge in [0.2, 0.25) is 0 Å². The number of anilines is 2. The summed E-state index contributed by atoms with van der Waals surface area (Å²) in [5.41, 5.74) is 4.09.